The van der Waals surface area contributed by atoms with Gasteiger partial charge in [0.15, 0.2) is 0 Å². The number of likely N-dealkylation sites (tertiary alicyclic amines) is 1. The largest absolute Gasteiger partial charge is 0.481 e. The molecule has 3 aliphatic heterocycles. The minimum atomic E-state index is -2.62. The maximum Gasteiger partial charge on any atom is 0.308 e. The fraction of sp³-hybridized carbons (Fsp3) is 0.828. The predicted molar refractivity (Wildman–Crippen MR) is 154 cm³/mol. The number of thioether (sulfide) groups is 1. The maximum atomic E-state index is 13.5. The molecule has 2 aliphatic carbocycles. The first kappa shape index (κ1) is 29.8. The molecule has 4 fully saturated rings. The van der Waals surface area contributed by atoms with Gasteiger partial charge in [0, 0.05) is 40.1 Å². The number of halogens is 3. The van der Waals surface area contributed by atoms with Crippen LogP contribution in [0, 0.1) is 24.7 Å². The van der Waals surface area contributed by atoms with E-state index >= 15 is 0 Å². The highest BCUT2D eigenvalue weighted by Gasteiger charge is 2.52. The number of rotatable bonds is 7. The Morgan fingerprint density at radius 1 is 1.24 bits per heavy atom. The minimum Gasteiger partial charge on any atom is -0.481 e. The highest BCUT2D eigenvalue weighted by Crippen LogP contribution is 2.48. The van der Waals surface area contributed by atoms with Crippen molar-refractivity contribution in [1.29, 1.82) is 0 Å². The third-order valence-electron chi connectivity index (χ3n) is 10.1. The number of hydrogen-bond acceptors (Lipinski definition) is 7. The number of carboxylic acid groups (broad SMARTS) is 1. The van der Waals surface area contributed by atoms with E-state index in [1.807, 2.05) is 6.92 Å². The molecule has 0 aromatic carbocycles. The molecule has 12 heteroatoms. The number of alkyl halides is 3. The highest BCUT2D eigenvalue weighted by atomic mass is 35.5. The maximum absolute atomic E-state index is 13.5. The molecule has 1 aromatic heterocycles. The Bertz CT molecular complexity index is 1210. The van der Waals surface area contributed by atoms with Crippen LogP contribution in [0.3, 0.4) is 0 Å². The van der Waals surface area contributed by atoms with Crippen LogP contribution in [0.2, 0.25) is 0 Å². The van der Waals surface area contributed by atoms with Crippen LogP contribution >= 0.6 is 23.4 Å². The van der Waals surface area contributed by atoms with Crippen LogP contribution in [0.4, 0.5) is 8.78 Å². The van der Waals surface area contributed by atoms with Crippen molar-refractivity contribution in [3.05, 3.63) is 27.4 Å². The van der Waals surface area contributed by atoms with Crippen LogP contribution in [0.1, 0.15) is 56.1 Å². The highest BCUT2D eigenvalue weighted by molar-refractivity contribution is 8.00. The molecule has 0 bridgehead atoms. The van der Waals surface area contributed by atoms with E-state index in [0.29, 0.717) is 49.1 Å². The van der Waals surface area contributed by atoms with Crippen LogP contribution in [-0.2, 0) is 28.9 Å². The van der Waals surface area contributed by atoms with Gasteiger partial charge in [0.1, 0.15) is 5.82 Å². The van der Waals surface area contributed by atoms with E-state index in [0.717, 1.165) is 37.8 Å². The lowest BCUT2D eigenvalue weighted by atomic mass is 9.70. The van der Waals surface area contributed by atoms with E-state index in [1.165, 1.54) is 0 Å². The average Bonchev–Trinajstić information content (AvgIpc) is 3.33. The number of ether oxygens (including phenoxy) is 1. The number of carbonyl (C=O) groups is 1. The van der Waals surface area contributed by atoms with Gasteiger partial charge in [0.25, 0.3) is 11.5 Å². The van der Waals surface area contributed by atoms with Gasteiger partial charge in [0.05, 0.1) is 44.0 Å². The van der Waals surface area contributed by atoms with E-state index in [9.17, 15) is 23.5 Å². The van der Waals surface area contributed by atoms with Crippen LogP contribution in [-0.4, -0.2) is 91.8 Å². The number of nitrogens with one attached hydrogen (secondary N) is 1. The monoisotopic (exact) mass is 614 g/mol. The molecular formula is C29H41ClF2N4O4S. The zero-order valence-corrected chi connectivity index (χ0v) is 25.3. The third kappa shape index (κ3) is 5.95. The number of aromatic nitrogens is 2. The van der Waals surface area contributed by atoms with Gasteiger partial charge >= 0.3 is 5.97 Å². The minimum absolute atomic E-state index is 0.00416. The van der Waals surface area contributed by atoms with Crippen molar-refractivity contribution in [2.75, 3.05) is 25.4 Å². The standard InChI is InChI=1S/C29H41ClF2N4O4S/c1-15-9-20(26-25(33-15)22(12-41-26)28(38)39)19-10-17(30)3-6-24(19)40-8-7-36-16(2)34-23-5-4-18(11-21(23)27(36)37)35-13-29(31,32)14-35/h15,17-20,22,24-26,33H,3-14H2,1-2H3,(H,38,39). The van der Waals surface area contributed by atoms with Gasteiger partial charge < -0.3 is 15.2 Å². The summed E-state index contributed by atoms with van der Waals surface area (Å²) in [6.07, 6.45) is 5.38. The number of hydrogen-bond donors (Lipinski definition) is 2. The van der Waals surface area contributed by atoms with Crippen molar-refractivity contribution in [3.8, 4) is 0 Å². The second kappa shape index (κ2) is 11.7. The summed E-state index contributed by atoms with van der Waals surface area (Å²) < 4.78 is 35.1. The molecule has 0 spiro atoms. The Balaban J connectivity index is 1.13. The van der Waals surface area contributed by atoms with Crippen molar-refractivity contribution in [2.45, 2.75) is 106 Å². The first-order valence-electron chi connectivity index (χ1n) is 15.1. The average molecular weight is 615 g/mol. The van der Waals surface area contributed by atoms with Gasteiger partial charge in [-0.15, -0.1) is 11.6 Å². The zero-order chi connectivity index (χ0) is 29.1. The fourth-order valence-electron chi connectivity index (χ4n) is 8.10. The fourth-order valence-corrected chi connectivity index (χ4v) is 10.2. The molecule has 0 radical (unpaired) electrons. The molecule has 2 N–H and O–H groups in total. The van der Waals surface area contributed by atoms with Crippen molar-refractivity contribution in [2.24, 2.45) is 17.8 Å². The summed E-state index contributed by atoms with van der Waals surface area (Å²) in [6.45, 7) is 4.28. The zero-order valence-electron chi connectivity index (χ0n) is 23.7. The third-order valence-corrected chi connectivity index (χ3v) is 12.1. The van der Waals surface area contributed by atoms with Crippen molar-refractivity contribution in [1.82, 2.24) is 19.8 Å². The first-order valence-corrected chi connectivity index (χ1v) is 16.6. The Morgan fingerprint density at radius 3 is 2.76 bits per heavy atom. The van der Waals surface area contributed by atoms with Gasteiger partial charge in [-0.3, -0.25) is 19.1 Å². The number of aryl methyl sites for hydroxylation is 2. The Morgan fingerprint density at radius 2 is 2.02 bits per heavy atom. The second-order valence-corrected chi connectivity index (χ2v) is 14.7. The van der Waals surface area contributed by atoms with Crippen molar-refractivity contribution < 1.29 is 23.4 Å². The van der Waals surface area contributed by atoms with E-state index in [2.05, 4.69) is 12.2 Å². The van der Waals surface area contributed by atoms with Crippen LogP contribution in [0.5, 0.6) is 0 Å². The van der Waals surface area contributed by atoms with Gasteiger partial charge in [-0.2, -0.15) is 11.8 Å². The number of carboxylic acids is 1. The quantitative estimate of drug-likeness (QED) is 0.452. The Hall–Kier alpha value is -1.27. The summed E-state index contributed by atoms with van der Waals surface area (Å²) in [7, 11) is 0. The first-order chi connectivity index (χ1) is 19.5. The van der Waals surface area contributed by atoms with Crippen LogP contribution in [0.25, 0.3) is 0 Å². The number of aliphatic carboxylic acids is 1. The van der Waals surface area contributed by atoms with E-state index in [-0.39, 0.29) is 65.3 Å². The molecule has 4 heterocycles. The summed E-state index contributed by atoms with van der Waals surface area (Å²) >= 11 is 8.46. The van der Waals surface area contributed by atoms with Crippen LogP contribution < -0.4 is 10.9 Å². The molecule has 1 aromatic rings. The van der Waals surface area contributed by atoms with E-state index in [1.54, 1.807) is 21.2 Å². The van der Waals surface area contributed by atoms with Gasteiger partial charge in [-0.1, -0.05) is 0 Å². The van der Waals surface area contributed by atoms with Gasteiger partial charge in [0.2, 0.25) is 0 Å². The molecule has 41 heavy (non-hydrogen) atoms. The van der Waals surface area contributed by atoms with Crippen molar-refractivity contribution >= 4 is 29.3 Å². The lowest BCUT2D eigenvalue weighted by molar-refractivity contribution is -0.147. The van der Waals surface area contributed by atoms with E-state index < -0.39 is 11.9 Å². The Labute approximate surface area is 248 Å². The van der Waals surface area contributed by atoms with Crippen molar-refractivity contribution in [3.63, 3.8) is 0 Å². The summed E-state index contributed by atoms with van der Waals surface area (Å²) in [6, 6.07) is 0.143. The van der Waals surface area contributed by atoms with E-state index in [4.69, 9.17) is 21.3 Å². The Kier molecular flexibility index (Phi) is 8.48. The summed E-state index contributed by atoms with van der Waals surface area (Å²) in [5.41, 5.74) is 1.38. The lowest BCUT2D eigenvalue weighted by Crippen LogP contribution is -2.61. The molecule has 9 atom stereocenters. The smallest absolute Gasteiger partial charge is 0.308 e. The molecule has 1 saturated carbocycles. The molecular weight excluding hydrogens is 574 g/mol. The normalized spacial score (nSPS) is 38.6. The summed E-state index contributed by atoms with van der Waals surface area (Å²) in [5.74, 6) is -1.90. The number of nitrogens with zero attached hydrogens (tertiary/aromatic N) is 3. The number of piperidine rings is 1. The summed E-state index contributed by atoms with van der Waals surface area (Å²) in [4.78, 5) is 32.0. The molecule has 0 amide bonds. The van der Waals surface area contributed by atoms with Crippen LogP contribution in [0.15, 0.2) is 4.79 Å². The van der Waals surface area contributed by atoms with Gasteiger partial charge in [-0.05, 0) is 70.6 Å². The molecule has 3 saturated heterocycles. The molecule has 228 valence electrons. The lowest BCUT2D eigenvalue weighted by Gasteiger charge is -2.47. The summed E-state index contributed by atoms with van der Waals surface area (Å²) in [5, 5.41) is 13.7. The van der Waals surface area contributed by atoms with Gasteiger partial charge in [-0.25, -0.2) is 13.8 Å². The SMILES string of the molecule is Cc1nc2c(c(=O)n1CCOC1CCC(Cl)CC1C1CC(C)NC3C(C(=O)O)CSC13)CC(N1CC(F)(F)C1)CC2. The molecule has 5 aliphatic rings. The topological polar surface area (TPSA) is 96.7 Å². The molecule has 9 unspecified atom stereocenters. The molecule has 6 rings (SSSR count). The second-order valence-electron chi connectivity index (χ2n) is 12.9. The molecule has 8 nitrogen and oxygen atoms in total. The predicted octanol–water partition coefficient (Wildman–Crippen LogP) is 3.34. The number of fused-ring (bicyclic) bond motifs is 2.